The first-order chi connectivity index (χ1) is 11.5. The predicted octanol–water partition coefficient (Wildman–Crippen LogP) is 2.82. The highest BCUT2D eigenvalue weighted by molar-refractivity contribution is 7.91. The maximum atomic E-state index is 13.7. The third-order valence-corrected chi connectivity index (χ3v) is 7.50. The van der Waals surface area contributed by atoms with Gasteiger partial charge in [0.2, 0.25) is 5.91 Å². The van der Waals surface area contributed by atoms with Crippen molar-refractivity contribution in [2.45, 2.75) is 18.1 Å². The third kappa shape index (κ3) is 3.67. The number of thiophene rings is 1. The number of nitrogens with zero attached hydrogens (tertiary/aromatic N) is 1. The molecule has 0 spiro atoms. The number of benzene rings is 1. The highest BCUT2D eigenvalue weighted by atomic mass is 32.2. The lowest BCUT2D eigenvalue weighted by atomic mass is 10.1. The van der Waals surface area contributed by atoms with E-state index in [0.717, 1.165) is 4.88 Å². The zero-order chi connectivity index (χ0) is 17.2. The number of halogens is 1. The fourth-order valence-electron chi connectivity index (χ4n) is 2.90. The molecule has 0 radical (unpaired) electrons. The summed E-state index contributed by atoms with van der Waals surface area (Å²) in [7, 11) is -3.29. The summed E-state index contributed by atoms with van der Waals surface area (Å²) in [6.07, 6.45) is 0.336. The average Bonchev–Trinajstić information content (AvgIpc) is 3.01. The molecule has 3 rings (SSSR count). The van der Waals surface area contributed by atoms with Crippen LogP contribution in [0.4, 0.5) is 4.39 Å². The number of carbonyl (C=O) groups is 1. The summed E-state index contributed by atoms with van der Waals surface area (Å²) in [5.41, 5.74) is 0.337. The first kappa shape index (κ1) is 17.1. The van der Waals surface area contributed by atoms with Crippen molar-refractivity contribution >= 4 is 27.1 Å². The van der Waals surface area contributed by atoms with E-state index in [0.29, 0.717) is 18.5 Å². The van der Waals surface area contributed by atoms with Crippen molar-refractivity contribution in [3.05, 3.63) is 58.0 Å². The van der Waals surface area contributed by atoms with Crippen molar-refractivity contribution in [2.24, 2.45) is 0 Å². The number of amides is 1. The van der Waals surface area contributed by atoms with Crippen molar-refractivity contribution in [2.75, 3.05) is 18.8 Å². The van der Waals surface area contributed by atoms with Gasteiger partial charge in [-0.2, -0.15) is 0 Å². The number of sulfone groups is 1. The van der Waals surface area contributed by atoms with Crippen LogP contribution in [0.3, 0.4) is 0 Å². The van der Waals surface area contributed by atoms with E-state index in [1.165, 1.54) is 22.3 Å². The molecule has 1 unspecified atom stereocenters. The van der Waals surface area contributed by atoms with Gasteiger partial charge in [-0.25, -0.2) is 12.8 Å². The Kier molecular flexibility index (Phi) is 5.01. The van der Waals surface area contributed by atoms with Crippen molar-refractivity contribution in [3.63, 3.8) is 0 Å². The monoisotopic (exact) mass is 367 g/mol. The first-order valence-electron chi connectivity index (χ1n) is 7.73. The van der Waals surface area contributed by atoms with Gasteiger partial charge in [0, 0.05) is 18.0 Å². The lowest BCUT2D eigenvalue weighted by molar-refractivity contribution is -0.130. The number of hydrogen-bond acceptors (Lipinski definition) is 4. The smallest absolute Gasteiger partial charge is 0.227 e. The molecule has 0 bridgehead atoms. The maximum absolute atomic E-state index is 13.7. The summed E-state index contributed by atoms with van der Waals surface area (Å²) in [6, 6.07) is 9.82. The third-order valence-electron chi connectivity index (χ3n) is 4.25. The predicted molar refractivity (Wildman–Crippen MR) is 92.1 cm³/mol. The molecule has 1 amide bonds. The van der Waals surface area contributed by atoms with E-state index < -0.39 is 20.9 Å². The molecule has 1 aromatic heterocycles. The minimum atomic E-state index is -3.29. The van der Waals surface area contributed by atoms with Crippen molar-refractivity contribution in [3.8, 4) is 0 Å². The highest BCUT2D eigenvalue weighted by Gasteiger charge is 2.33. The van der Waals surface area contributed by atoms with Crippen LogP contribution < -0.4 is 0 Å². The molecule has 1 aliphatic rings. The summed E-state index contributed by atoms with van der Waals surface area (Å²) in [5.74, 6) is -0.703. The van der Waals surface area contributed by atoms with Crippen LogP contribution in [0.15, 0.2) is 41.8 Å². The molecule has 0 N–H and O–H groups in total. The SMILES string of the molecule is O=C(Cc1ccccc1F)N1CCC(c2cccs2)S(=O)(=O)CC1. The van der Waals surface area contributed by atoms with Gasteiger partial charge >= 0.3 is 0 Å². The number of rotatable bonds is 3. The topological polar surface area (TPSA) is 54.5 Å². The van der Waals surface area contributed by atoms with E-state index in [9.17, 15) is 17.6 Å². The molecular formula is C17H18FNO3S2. The van der Waals surface area contributed by atoms with Gasteiger partial charge < -0.3 is 4.90 Å². The minimum Gasteiger partial charge on any atom is -0.341 e. The normalized spacial score (nSPS) is 20.5. The molecular weight excluding hydrogens is 349 g/mol. The second-order valence-corrected chi connectivity index (χ2v) is 9.09. The zero-order valence-electron chi connectivity index (χ0n) is 13.0. The Bertz CT molecular complexity index is 818. The van der Waals surface area contributed by atoms with Crippen molar-refractivity contribution < 1.29 is 17.6 Å². The Morgan fingerprint density at radius 3 is 2.71 bits per heavy atom. The minimum absolute atomic E-state index is 0.0452. The molecule has 1 aromatic carbocycles. The van der Waals surface area contributed by atoms with Crippen molar-refractivity contribution in [1.82, 2.24) is 4.90 Å². The van der Waals surface area contributed by atoms with Crippen LogP contribution in [0.1, 0.15) is 22.1 Å². The maximum Gasteiger partial charge on any atom is 0.227 e. The van der Waals surface area contributed by atoms with E-state index in [-0.39, 0.29) is 24.6 Å². The summed E-state index contributed by atoms with van der Waals surface area (Å²) in [5, 5.41) is 1.31. The van der Waals surface area contributed by atoms with E-state index in [1.54, 1.807) is 18.2 Å². The van der Waals surface area contributed by atoms with Gasteiger partial charge in [-0.1, -0.05) is 24.3 Å². The Morgan fingerprint density at radius 1 is 1.21 bits per heavy atom. The Hall–Kier alpha value is -1.73. The molecule has 1 saturated heterocycles. The molecule has 0 saturated carbocycles. The largest absolute Gasteiger partial charge is 0.341 e. The van der Waals surface area contributed by atoms with Crippen LogP contribution in [0, 0.1) is 5.82 Å². The molecule has 128 valence electrons. The summed E-state index contributed by atoms with van der Waals surface area (Å²) < 4.78 is 38.7. The highest BCUT2D eigenvalue weighted by Crippen LogP contribution is 2.32. The summed E-state index contributed by atoms with van der Waals surface area (Å²) in [6.45, 7) is 0.534. The Labute approximate surface area is 144 Å². The van der Waals surface area contributed by atoms with Gasteiger partial charge in [0.1, 0.15) is 5.82 Å². The van der Waals surface area contributed by atoms with Crippen LogP contribution in [0.5, 0.6) is 0 Å². The molecule has 2 aromatic rings. The Morgan fingerprint density at radius 2 is 2.00 bits per heavy atom. The average molecular weight is 367 g/mol. The van der Waals surface area contributed by atoms with Gasteiger partial charge in [-0.05, 0) is 29.5 Å². The fraction of sp³-hybridized carbons (Fsp3) is 0.353. The lowest BCUT2D eigenvalue weighted by Crippen LogP contribution is -2.34. The quantitative estimate of drug-likeness (QED) is 0.838. The standard InChI is InChI=1S/C17H18FNO3S2/c18-14-5-2-1-4-13(14)12-17(20)19-8-7-16(15-6-3-10-23-15)24(21,22)11-9-19/h1-6,10,16H,7-9,11-12H2. The number of hydrogen-bond donors (Lipinski definition) is 0. The van der Waals surface area contributed by atoms with E-state index in [4.69, 9.17) is 0 Å². The van der Waals surface area contributed by atoms with Gasteiger partial charge in [0.05, 0.1) is 17.4 Å². The second kappa shape index (κ2) is 7.03. The van der Waals surface area contributed by atoms with E-state index in [2.05, 4.69) is 0 Å². The fourth-order valence-corrected chi connectivity index (χ4v) is 5.91. The van der Waals surface area contributed by atoms with E-state index >= 15 is 0 Å². The van der Waals surface area contributed by atoms with Gasteiger partial charge in [-0.15, -0.1) is 11.3 Å². The molecule has 2 heterocycles. The van der Waals surface area contributed by atoms with Crippen LogP contribution in [-0.2, 0) is 21.1 Å². The van der Waals surface area contributed by atoms with Crippen molar-refractivity contribution in [1.29, 1.82) is 0 Å². The van der Waals surface area contributed by atoms with Crippen LogP contribution in [0.25, 0.3) is 0 Å². The van der Waals surface area contributed by atoms with Crippen LogP contribution in [0.2, 0.25) is 0 Å². The molecule has 1 aliphatic heterocycles. The first-order valence-corrected chi connectivity index (χ1v) is 10.3. The zero-order valence-corrected chi connectivity index (χ0v) is 14.7. The van der Waals surface area contributed by atoms with Crippen LogP contribution >= 0.6 is 11.3 Å². The van der Waals surface area contributed by atoms with Gasteiger partial charge in [-0.3, -0.25) is 4.79 Å². The van der Waals surface area contributed by atoms with Crippen LogP contribution in [-0.4, -0.2) is 38.1 Å². The Balaban J connectivity index is 1.73. The molecule has 4 nitrogen and oxygen atoms in total. The lowest BCUT2D eigenvalue weighted by Gasteiger charge is -2.20. The summed E-state index contributed by atoms with van der Waals surface area (Å²) >= 11 is 1.42. The molecule has 0 aliphatic carbocycles. The molecule has 1 atom stereocenters. The second-order valence-electron chi connectivity index (χ2n) is 5.81. The summed E-state index contributed by atoms with van der Waals surface area (Å²) in [4.78, 5) is 14.8. The number of carbonyl (C=O) groups excluding carboxylic acids is 1. The molecule has 24 heavy (non-hydrogen) atoms. The van der Waals surface area contributed by atoms with E-state index in [1.807, 2.05) is 17.5 Å². The molecule has 1 fully saturated rings. The molecule has 7 heteroatoms. The van der Waals surface area contributed by atoms with Gasteiger partial charge in [0.25, 0.3) is 0 Å². The van der Waals surface area contributed by atoms with Gasteiger partial charge in [0.15, 0.2) is 9.84 Å².